The van der Waals surface area contributed by atoms with Crippen LogP contribution in [0.2, 0.25) is 0 Å². The third-order valence-electron chi connectivity index (χ3n) is 9.72. The molecule has 0 unspecified atom stereocenters. The summed E-state index contributed by atoms with van der Waals surface area (Å²) in [4.78, 5) is 42.4. The summed E-state index contributed by atoms with van der Waals surface area (Å²) in [5, 5.41) is 46.2. The number of rotatable bonds is 4. The minimum absolute atomic E-state index is 0.00541. The molecule has 2 aromatic rings. The van der Waals surface area contributed by atoms with Crippen molar-refractivity contribution in [3.05, 3.63) is 63.6 Å². The van der Waals surface area contributed by atoms with Crippen molar-refractivity contribution in [3.63, 3.8) is 0 Å². The van der Waals surface area contributed by atoms with E-state index in [9.17, 15) is 48.0 Å². The summed E-state index contributed by atoms with van der Waals surface area (Å²) in [5.41, 5.74) is 2.28. The average Bonchev–Trinajstić information content (AvgIpc) is 3.39. The molecule has 1 aliphatic heterocycles. The van der Waals surface area contributed by atoms with Crippen molar-refractivity contribution >= 4 is 28.2 Å². The maximum absolute atomic E-state index is 14.0. The number of aliphatic hydroxyl groups excluding tert-OH is 2. The molecule has 234 valence electrons. The van der Waals surface area contributed by atoms with Crippen molar-refractivity contribution in [1.82, 2.24) is 9.80 Å². The molecule has 0 saturated carbocycles. The second-order valence-corrected chi connectivity index (χ2v) is 12.4. The van der Waals surface area contributed by atoms with Crippen molar-refractivity contribution in [1.29, 1.82) is 0 Å². The van der Waals surface area contributed by atoms with Crippen LogP contribution in [-0.4, -0.2) is 92.2 Å². The number of likely N-dealkylation sites (tertiary alicyclic amines) is 1. The minimum Gasteiger partial charge on any atom is -0.510 e. The number of aromatic hydroxyl groups is 1. The fraction of sp³-hybridized carbons (Fsp3) is 0.452. The number of aliphatic hydroxyl groups is 3. The normalized spacial score (nSPS) is 29.3. The lowest BCUT2D eigenvalue weighted by atomic mass is 9.58. The lowest BCUT2D eigenvalue weighted by Crippen LogP contribution is -2.63. The molecule has 1 saturated heterocycles. The lowest BCUT2D eigenvalue weighted by molar-refractivity contribution is -0.177. The van der Waals surface area contributed by atoms with Crippen LogP contribution in [0, 0.1) is 11.8 Å². The highest BCUT2D eigenvalue weighted by Crippen LogP contribution is 2.52. The topological polar surface area (TPSA) is 165 Å². The molecule has 44 heavy (non-hydrogen) atoms. The smallest absolute Gasteiger partial charge is 0.404 e. The Labute approximate surface area is 249 Å². The fourth-order valence-corrected chi connectivity index (χ4v) is 7.78. The highest BCUT2D eigenvalue weighted by Gasteiger charge is 2.63. The summed E-state index contributed by atoms with van der Waals surface area (Å²) < 4.78 is 40.5. The molecule has 2 aromatic carbocycles. The molecule has 0 radical (unpaired) electrons. The van der Waals surface area contributed by atoms with E-state index in [1.165, 1.54) is 15.9 Å². The average molecular weight is 616 g/mol. The number of phenolic OH excluding ortho intramolecular Hbond substituents is 1. The summed E-state index contributed by atoms with van der Waals surface area (Å²) in [6.45, 7) is 0.262. The molecule has 6 rings (SSSR count). The third-order valence-corrected chi connectivity index (χ3v) is 9.72. The van der Waals surface area contributed by atoms with Gasteiger partial charge in [0, 0.05) is 23.4 Å². The fourth-order valence-electron chi connectivity index (χ4n) is 7.78. The summed E-state index contributed by atoms with van der Waals surface area (Å²) >= 11 is 0. The van der Waals surface area contributed by atoms with Gasteiger partial charge < -0.3 is 26.2 Å². The van der Waals surface area contributed by atoms with Crippen LogP contribution in [0.15, 0.2) is 46.9 Å². The number of nitrogens with two attached hydrogens (primary N) is 1. The Balaban J connectivity index is 1.43. The van der Waals surface area contributed by atoms with E-state index >= 15 is 0 Å². The summed E-state index contributed by atoms with van der Waals surface area (Å²) in [5.74, 6) is -7.31. The van der Waals surface area contributed by atoms with Gasteiger partial charge in [0.1, 0.15) is 28.9 Å². The van der Waals surface area contributed by atoms with Crippen molar-refractivity contribution in [2.24, 2.45) is 17.6 Å². The van der Waals surface area contributed by atoms with Crippen molar-refractivity contribution in [2.45, 2.75) is 56.1 Å². The van der Waals surface area contributed by atoms with Crippen molar-refractivity contribution < 1.29 is 48.0 Å². The van der Waals surface area contributed by atoms with Gasteiger partial charge in [-0.25, -0.2) is 0 Å². The first-order chi connectivity index (χ1) is 20.6. The van der Waals surface area contributed by atoms with E-state index in [1.54, 1.807) is 32.3 Å². The number of Topliss-reactive ketones (excluding diaryl/α,β-unsaturated/α-hetero) is 2. The number of nitrogens with zero attached hydrogens (tertiary/aromatic N) is 2. The van der Waals surface area contributed by atoms with Gasteiger partial charge in [-0.2, -0.15) is 13.2 Å². The zero-order valence-corrected chi connectivity index (χ0v) is 24.0. The van der Waals surface area contributed by atoms with E-state index in [0.29, 0.717) is 22.9 Å². The molecule has 13 heteroatoms. The molecule has 1 heterocycles. The Kier molecular flexibility index (Phi) is 6.87. The van der Waals surface area contributed by atoms with Gasteiger partial charge >= 0.3 is 6.18 Å². The maximum Gasteiger partial charge on any atom is 0.404 e. The molecule has 6 N–H and O–H groups in total. The van der Waals surface area contributed by atoms with Gasteiger partial charge in [0.25, 0.3) is 5.91 Å². The number of carbonyl (C=O) groups excluding carboxylic acids is 3. The second-order valence-electron chi connectivity index (χ2n) is 12.4. The first-order valence-corrected chi connectivity index (χ1v) is 14.3. The zero-order valence-electron chi connectivity index (χ0n) is 24.0. The first-order valence-electron chi connectivity index (χ1n) is 14.3. The van der Waals surface area contributed by atoms with Crippen LogP contribution in [0.1, 0.15) is 40.7 Å². The Morgan fingerprint density at radius 2 is 1.86 bits per heavy atom. The van der Waals surface area contributed by atoms with Gasteiger partial charge in [0.05, 0.1) is 11.6 Å². The number of hydrogen-bond donors (Lipinski definition) is 5. The molecular weight excluding hydrogens is 583 g/mol. The summed E-state index contributed by atoms with van der Waals surface area (Å²) in [6.07, 6.45) is -3.84. The highest BCUT2D eigenvalue weighted by molar-refractivity contribution is 6.25. The number of halogens is 3. The van der Waals surface area contributed by atoms with E-state index in [1.807, 2.05) is 0 Å². The van der Waals surface area contributed by atoms with Crippen LogP contribution in [0.5, 0.6) is 5.75 Å². The predicted octanol–water partition coefficient (Wildman–Crippen LogP) is 2.80. The number of benzene rings is 2. The first kappa shape index (κ1) is 30.1. The number of phenols is 1. The van der Waals surface area contributed by atoms with Crippen LogP contribution in [0.3, 0.4) is 0 Å². The Morgan fingerprint density at radius 3 is 2.50 bits per heavy atom. The van der Waals surface area contributed by atoms with E-state index in [4.69, 9.17) is 5.73 Å². The number of amides is 1. The van der Waals surface area contributed by atoms with Gasteiger partial charge in [-0.3, -0.25) is 24.2 Å². The predicted molar refractivity (Wildman–Crippen MR) is 151 cm³/mol. The number of primary amides is 1. The molecule has 1 amide bonds. The van der Waals surface area contributed by atoms with E-state index in [-0.39, 0.29) is 48.9 Å². The zero-order chi connectivity index (χ0) is 32.0. The molecule has 3 aliphatic carbocycles. The second kappa shape index (κ2) is 10.0. The monoisotopic (exact) mass is 615 g/mol. The molecular formula is C31H32F3N3O7. The van der Waals surface area contributed by atoms with Gasteiger partial charge in [-0.1, -0.05) is 18.2 Å². The number of ketones is 2. The number of alkyl halides is 3. The van der Waals surface area contributed by atoms with E-state index < -0.39 is 76.0 Å². The van der Waals surface area contributed by atoms with Crippen LogP contribution in [-0.2, 0) is 22.6 Å². The highest BCUT2D eigenvalue weighted by atomic mass is 19.4. The van der Waals surface area contributed by atoms with Crippen LogP contribution in [0.25, 0.3) is 10.8 Å². The van der Waals surface area contributed by atoms with Gasteiger partial charge in [-0.05, 0) is 74.8 Å². The molecule has 0 spiro atoms. The number of hydrogen-bond acceptors (Lipinski definition) is 9. The van der Waals surface area contributed by atoms with Gasteiger partial charge in [0.2, 0.25) is 5.78 Å². The Bertz CT molecular complexity index is 1700. The molecule has 5 atom stereocenters. The molecule has 10 nitrogen and oxygen atoms in total. The van der Waals surface area contributed by atoms with Crippen LogP contribution < -0.4 is 5.73 Å². The standard InChI is InChI=1S/C31H32F3N3O7/c1-36(2)23-18-11-16-10-15-9-14-6-5-13(12-37-7-3-4-19(37)31(32,33)34)8-17(14)24(38)20(15)25(39)21(16)27(41)30(18,44)28(42)22(26(23)40)29(35)43/h5-6,8-9,16,18-19,23,38,40-41,44H,3-4,7,10-12H2,1-2H3,(H2,35,43)/t16-,18-,19-,23-,30-/m0/s1. The number of allylic oxidation sites excluding steroid dienone is 1. The number of likely N-dealkylation sites (N-methyl/N-ethyl adjacent to an activating group) is 1. The SMILES string of the molecule is CN(C)[C@@H]1C(O)=C(C(N)=O)C(=O)[C@@]2(O)C(O)=C3C(=O)c4c(cc5ccc(CN6CCC[C@H]6C(F)(F)F)cc5c4O)C[C@H]3C[C@@H]12. The largest absolute Gasteiger partial charge is 0.510 e. The summed E-state index contributed by atoms with van der Waals surface area (Å²) in [6, 6.07) is 3.94. The third kappa shape index (κ3) is 4.24. The molecule has 0 bridgehead atoms. The Hall–Kier alpha value is -3.94. The van der Waals surface area contributed by atoms with Crippen LogP contribution >= 0.6 is 0 Å². The lowest BCUT2D eigenvalue weighted by Gasteiger charge is -2.50. The van der Waals surface area contributed by atoms with Crippen molar-refractivity contribution in [3.8, 4) is 5.75 Å². The summed E-state index contributed by atoms with van der Waals surface area (Å²) in [7, 11) is 3.11. The molecule has 1 fully saturated rings. The quantitative estimate of drug-likeness (QED) is 0.325. The van der Waals surface area contributed by atoms with Gasteiger partial charge in [-0.15, -0.1) is 0 Å². The van der Waals surface area contributed by atoms with E-state index in [0.717, 1.165) is 0 Å². The van der Waals surface area contributed by atoms with Crippen LogP contribution in [0.4, 0.5) is 13.2 Å². The molecule has 4 aliphatic rings. The maximum atomic E-state index is 14.0. The van der Waals surface area contributed by atoms with Gasteiger partial charge in [0.15, 0.2) is 11.4 Å². The minimum atomic E-state index is -4.37. The Morgan fingerprint density at radius 1 is 1.16 bits per heavy atom. The van der Waals surface area contributed by atoms with Crippen molar-refractivity contribution in [2.75, 3.05) is 20.6 Å². The van der Waals surface area contributed by atoms with E-state index in [2.05, 4.69) is 0 Å². The number of fused-ring (bicyclic) bond motifs is 4. The number of carbonyl (C=O) groups is 3. The molecule has 0 aromatic heterocycles.